The Hall–Kier alpha value is -1.32. The van der Waals surface area contributed by atoms with Gasteiger partial charge < -0.3 is 4.74 Å². The van der Waals surface area contributed by atoms with E-state index in [-0.39, 0.29) is 11.9 Å². The van der Waals surface area contributed by atoms with Gasteiger partial charge in [0, 0.05) is 0 Å². The minimum atomic E-state index is -0.545. The maximum Gasteiger partial charge on any atom is 0.417 e. The second-order valence-corrected chi connectivity index (χ2v) is 3.74. The largest absolute Gasteiger partial charge is 0.447 e. The molecule has 1 aliphatic heterocycles. The Morgan fingerprint density at radius 1 is 1.64 bits per heavy atom. The predicted octanol–water partition coefficient (Wildman–Crippen LogP) is 1.57. The summed E-state index contributed by atoms with van der Waals surface area (Å²) in [6.07, 6.45) is 2.64. The van der Waals surface area contributed by atoms with Gasteiger partial charge in [-0.15, -0.1) is 0 Å². The standard InChI is InChI=1S/C10H15NO3/c1-7(2)4-5-9(12)11-8(3)6-14-10(11)13/h4-5,7-8H,6H2,1-3H3/b5-4+/t8-/m1/s1. The van der Waals surface area contributed by atoms with Crippen molar-refractivity contribution in [3.63, 3.8) is 0 Å². The molecule has 1 saturated heterocycles. The molecular formula is C10H15NO3. The van der Waals surface area contributed by atoms with Crippen LogP contribution in [0.25, 0.3) is 0 Å². The Balaban J connectivity index is 2.64. The topological polar surface area (TPSA) is 46.6 Å². The van der Waals surface area contributed by atoms with Gasteiger partial charge in [-0.3, -0.25) is 4.79 Å². The number of imide groups is 1. The molecule has 0 aromatic heterocycles. The van der Waals surface area contributed by atoms with Gasteiger partial charge in [-0.05, 0) is 18.9 Å². The fraction of sp³-hybridized carbons (Fsp3) is 0.600. The summed E-state index contributed by atoms with van der Waals surface area (Å²) in [5, 5.41) is 0. The fourth-order valence-electron chi connectivity index (χ4n) is 1.18. The van der Waals surface area contributed by atoms with Gasteiger partial charge in [0.25, 0.3) is 5.91 Å². The van der Waals surface area contributed by atoms with E-state index < -0.39 is 6.09 Å². The highest BCUT2D eigenvalue weighted by Gasteiger charge is 2.33. The number of carbonyl (C=O) groups excluding carboxylic acids is 2. The summed E-state index contributed by atoms with van der Waals surface area (Å²) < 4.78 is 4.74. The summed E-state index contributed by atoms with van der Waals surface area (Å²) in [6.45, 7) is 6.01. The lowest BCUT2D eigenvalue weighted by molar-refractivity contribution is -0.123. The van der Waals surface area contributed by atoms with E-state index in [0.717, 1.165) is 4.90 Å². The van der Waals surface area contributed by atoms with Crippen molar-refractivity contribution in [1.29, 1.82) is 0 Å². The molecule has 2 amide bonds. The highest BCUT2D eigenvalue weighted by molar-refractivity contribution is 5.99. The summed E-state index contributed by atoms with van der Waals surface area (Å²) in [6, 6.07) is -0.160. The number of ether oxygens (including phenoxy) is 1. The first-order valence-corrected chi connectivity index (χ1v) is 4.70. The zero-order valence-electron chi connectivity index (χ0n) is 8.69. The lowest BCUT2D eigenvalue weighted by atomic mass is 10.2. The van der Waals surface area contributed by atoms with Gasteiger partial charge in [0.2, 0.25) is 0 Å². The summed E-state index contributed by atoms with van der Waals surface area (Å²) in [5.41, 5.74) is 0. The summed E-state index contributed by atoms with van der Waals surface area (Å²) >= 11 is 0. The molecule has 0 aromatic rings. The van der Waals surface area contributed by atoms with Gasteiger partial charge in [-0.1, -0.05) is 19.9 Å². The molecule has 4 nitrogen and oxygen atoms in total. The molecule has 1 heterocycles. The number of allylic oxidation sites excluding steroid dienone is 1. The van der Waals surface area contributed by atoms with Crippen LogP contribution in [0.3, 0.4) is 0 Å². The molecule has 0 spiro atoms. The molecule has 0 radical (unpaired) electrons. The van der Waals surface area contributed by atoms with Crippen LogP contribution in [0.1, 0.15) is 20.8 Å². The average Bonchev–Trinajstić information content (AvgIpc) is 2.42. The molecule has 1 atom stereocenters. The van der Waals surface area contributed by atoms with E-state index in [0.29, 0.717) is 12.5 Å². The van der Waals surface area contributed by atoms with Crippen LogP contribution in [0.15, 0.2) is 12.2 Å². The first-order chi connectivity index (χ1) is 6.52. The van der Waals surface area contributed by atoms with Crippen molar-refractivity contribution in [2.45, 2.75) is 26.8 Å². The Labute approximate surface area is 83.5 Å². The zero-order chi connectivity index (χ0) is 10.7. The molecule has 1 aliphatic rings. The smallest absolute Gasteiger partial charge is 0.417 e. The van der Waals surface area contributed by atoms with Crippen molar-refractivity contribution < 1.29 is 14.3 Å². The number of nitrogens with zero attached hydrogens (tertiary/aromatic N) is 1. The Bertz CT molecular complexity index is 271. The molecule has 0 aliphatic carbocycles. The van der Waals surface area contributed by atoms with Crippen LogP contribution in [0.5, 0.6) is 0 Å². The third-order valence-corrected chi connectivity index (χ3v) is 1.95. The maximum atomic E-state index is 11.5. The van der Waals surface area contributed by atoms with Crippen molar-refractivity contribution >= 4 is 12.0 Å². The molecule has 4 heteroatoms. The minimum Gasteiger partial charge on any atom is -0.447 e. The Kier molecular flexibility index (Phi) is 3.28. The monoisotopic (exact) mass is 197 g/mol. The second kappa shape index (κ2) is 4.26. The molecule has 0 aromatic carbocycles. The first-order valence-electron chi connectivity index (χ1n) is 4.70. The van der Waals surface area contributed by atoms with Crippen molar-refractivity contribution in [2.24, 2.45) is 5.92 Å². The molecule has 0 bridgehead atoms. The van der Waals surface area contributed by atoms with Gasteiger partial charge >= 0.3 is 6.09 Å². The summed E-state index contributed by atoms with van der Waals surface area (Å²) in [5.74, 6) is 0.00146. The van der Waals surface area contributed by atoms with Crippen LogP contribution in [-0.2, 0) is 9.53 Å². The van der Waals surface area contributed by atoms with E-state index in [1.807, 2.05) is 13.8 Å². The van der Waals surface area contributed by atoms with Crippen molar-refractivity contribution in [2.75, 3.05) is 6.61 Å². The number of rotatable bonds is 2. The van der Waals surface area contributed by atoms with Crippen LogP contribution >= 0.6 is 0 Å². The predicted molar refractivity (Wildman–Crippen MR) is 51.6 cm³/mol. The van der Waals surface area contributed by atoms with Crippen LogP contribution in [0.2, 0.25) is 0 Å². The van der Waals surface area contributed by atoms with Gasteiger partial charge in [0.05, 0.1) is 6.04 Å². The van der Waals surface area contributed by atoms with Crippen molar-refractivity contribution in [3.8, 4) is 0 Å². The van der Waals surface area contributed by atoms with E-state index in [1.54, 1.807) is 13.0 Å². The van der Waals surface area contributed by atoms with Crippen molar-refractivity contribution in [1.82, 2.24) is 4.90 Å². The highest BCUT2D eigenvalue weighted by Crippen LogP contribution is 2.12. The molecule has 0 N–H and O–H groups in total. The number of amides is 2. The quantitative estimate of drug-likeness (QED) is 0.631. The van der Waals surface area contributed by atoms with E-state index in [9.17, 15) is 9.59 Å². The Morgan fingerprint density at radius 3 is 2.71 bits per heavy atom. The van der Waals surface area contributed by atoms with Crippen LogP contribution in [-0.4, -0.2) is 29.5 Å². The van der Waals surface area contributed by atoms with Crippen molar-refractivity contribution in [3.05, 3.63) is 12.2 Å². The highest BCUT2D eigenvalue weighted by atomic mass is 16.6. The first kappa shape index (κ1) is 10.8. The van der Waals surface area contributed by atoms with Crippen LogP contribution in [0.4, 0.5) is 4.79 Å². The third kappa shape index (κ3) is 2.34. The number of hydrogen-bond acceptors (Lipinski definition) is 3. The summed E-state index contributed by atoms with van der Waals surface area (Å²) in [4.78, 5) is 23.8. The summed E-state index contributed by atoms with van der Waals surface area (Å²) in [7, 11) is 0. The molecule has 0 saturated carbocycles. The zero-order valence-corrected chi connectivity index (χ0v) is 8.69. The molecule has 1 fully saturated rings. The molecule has 78 valence electrons. The van der Waals surface area contributed by atoms with E-state index in [2.05, 4.69) is 0 Å². The van der Waals surface area contributed by atoms with Crippen LogP contribution < -0.4 is 0 Å². The van der Waals surface area contributed by atoms with E-state index in [1.165, 1.54) is 6.08 Å². The third-order valence-electron chi connectivity index (χ3n) is 1.95. The lowest BCUT2D eigenvalue weighted by Gasteiger charge is -2.13. The normalized spacial score (nSPS) is 22.1. The minimum absolute atomic E-state index is 0.160. The van der Waals surface area contributed by atoms with Gasteiger partial charge in [-0.25, -0.2) is 9.69 Å². The SMILES string of the molecule is CC(C)/C=C/C(=O)N1C(=O)OC[C@H]1C. The molecule has 1 rings (SSSR count). The fourth-order valence-corrected chi connectivity index (χ4v) is 1.18. The maximum absolute atomic E-state index is 11.5. The van der Waals surface area contributed by atoms with E-state index >= 15 is 0 Å². The van der Waals surface area contributed by atoms with Crippen LogP contribution in [0, 0.1) is 5.92 Å². The van der Waals surface area contributed by atoms with Gasteiger partial charge in [0.15, 0.2) is 0 Å². The molecular weight excluding hydrogens is 182 g/mol. The molecule has 14 heavy (non-hydrogen) atoms. The van der Waals surface area contributed by atoms with E-state index in [4.69, 9.17) is 4.74 Å². The average molecular weight is 197 g/mol. The number of hydrogen-bond donors (Lipinski definition) is 0. The van der Waals surface area contributed by atoms with Gasteiger partial charge in [0.1, 0.15) is 6.61 Å². The Morgan fingerprint density at radius 2 is 2.29 bits per heavy atom. The second-order valence-electron chi connectivity index (χ2n) is 3.74. The number of cyclic esters (lactones) is 1. The molecule has 0 unspecified atom stereocenters. The van der Waals surface area contributed by atoms with Gasteiger partial charge in [-0.2, -0.15) is 0 Å². The number of carbonyl (C=O) groups is 2. The lowest BCUT2D eigenvalue weighted by Crippen LogP contribution is -2.36.